The lowest BCUT2D eigenvalue weighted by atomic mass is 10.0. The third-order valence-corrected chi connectivity index (χ3v) is 4.64. The predicted molar refractivity (Wildman–Crippen MR) is 97.8 cm³/mol. The molecule has 0 saturated carbocycles. The highest BCUT2D eigenvalue weighted by atomic mass is 35.5. The van der Waals surface area contributed by atoms with E-state index in [0.29, 0.717) is 59.0 Å². The van der Waals surface area contributed by atoms with Gasteiger partial charge in [0.2, 0.25) is 0 Å². The molecule has 0 unspecified atom stereocenters. The van der Waals surface area contributed by atoms with E-state index in [0.717, 1.165) is 0 Å². The molecule has 1 fully saturated rings. The molecule has 0 radical (unpaired) electrons. The Kier molecular flexibility index (Phi) is 4.42. The fraction of sp³-hybridized carbons (Fsp3) is 0.389. The van der Waals surface area contributed by atoms with Crippen LogP contribution in [-0.4, -0.2) is 45.4 Å². The van der Waals surface area contributed by atoms with Gasteiger partial charge in [-0.2, -0.15) is 4.98 Å². The van der Waals surface area contributed by atoms with E-state index >= 15 is 0 Å². The lowest BCUT2D eigenvalue weighted by Gasteiger charge is -2.36. The second-order valence-corrected chi connectivity index (χ2v) is 6.83. The van der Waals surface area contributed by atoms with E-state index in [9.17, 15) is 5.11 Å². The molecular weight excluding hydrogens is 356 g/mol. The maximum Gasteiger partial charge on any atom is 0.252 e. The standard InChI is InChI=1S/C18H19ClN4O3/c1-10-20-17(16-18(21-10)25-11(2)22-16)23-8-7-14(24)15(9-23)26-13-5-3-12(19)4-6-13/h3-6,14-15,24H,7-9H2,1-2H3/t14-,15-/m1/s1. The molecule has 2 atom stereocenters. The molecule has 8 heteroatoms. The van der Waals surface area contributed by atoms with Gasteiger partial charge in [0.15, 0.2) is 17.2 Å². The average molecular weight is 375 g/mol. The number of aliphatic hydroxyl groups is 1. The Hall–Kier alpha value is -2.38. The Balaban J connectivity index is 1.61. The third kappa shape index (κ3) is 3.32. The van der Waals surface area contributed by atoms with Gasteiger partial charge in [-0.3, -0.25) is 0 Å². The highest BCUT2D eigenvalue weighted by molar-refractivity contribution is 6.30. The van der Waals surface area contributed by atoms with Gasteiger partial charge in [0.05, 0.1) is 12.6 Å². The van der Waals surface area contributed by atoms with E-state index in [2.05, 4.69) is 19.9 Å². The molecule has 4 rings (SSSR count). The van der Waals surface area contributed by atoms with Gasteiger partial charge in [0.1, 0.15) is 17.7 Å². The van der Waals surface area contributed by atoms with E-state index in [1.807, 2.05) is 6.92 Å². The number of hydrogen-bond donors (Lipinski definition) is 1. The van der Waals surface area contributed by atoms with Crippen molar-refractivity contribution < 1.29 is 14.3 Å². The number of aliphatic hydroxyl groups excluding tert-OH is 1. The topological polar surface area (TPSA) is 84.5 Å². The molecular formula is C18H19ClN4O3. The van der Waals surface area contributed by atoms with Gasteiger partial charge < -0.3 is 19.2 Å². The number of halogens is 1. The van der Waals surface area contributed by atoms with Gasteiger partial charge >= 0.3 is 0 Å². The van der Waals surface area contributed by atoms with E-state index in [1.54, 1.807) is 31.2 Å². The second kappa shape index (κ2) is 6.74. The number of nitrogens with zero attached hydrogens (tertiary/aromatic N) is 4. The second-order valence-electron chi connectivity index (χ2n) is 6.39. The molecule has 3 aromatic rings. The summed E-state index contributed by atoms with van der Waals surface area (Å²) in [6, 6.07) is 7.11. The molecule has 136 valence electrons. The zero-order chi connectivity index (χ0) is 18.3. The average Bonchev–Trinajstić information content (AvgIpc) is 2.98. The highest BCUT2D eigenvalue weighted by Crippen LogP contribution is 2.28. The number of oxazole rings is 1. The molecule has 0 amide bonds. The normalized spacial score (nSPS) is 20.5. The minimum atomic E-state index is -0.556. The van der Waals surface area contributed by atoms with Gasteiger partial charge in [-0.1, -0.05) is 11.6 Å². The third-order valence-electron chi connectivity index (χ3n) is 4.38. The molecule has 1 aliphatic rings. The number of hydrogen-bond acceptors (Lipinski definition) is 7. The predicted octanol–water partition coefficient (Wildman–Crippen LogP) is 2.91. The van der Waals surface area contributed by atoms with Crippen molar-refractivity contribution in [1.82, 2.24) is 15.0 Å². The Morgan fingerprint density at radius 1 is 1.19 bits per heavy atom. The van der Waals surface area contributed by atoms with Crippen LogP contribution in [0.15, 0.2) is 28.7 Å². The summed E-state index contributed by atoms with van der Waals surface area (Å²) in [5.41, 5.74) is 1.11. The van der Waals surface area contributed by atoms with Gasteiger partial charge in [0, 0.05) is 18.5 Å². The fourth-order valence-electron chi connectivity index (χ4n) is 3.14. The lowest BCUT2D eigenvalue weighted by Crippen LogP contribution is -2.50. The number of ether oxygens (including phenoxy) is 1. The van der Waals surface area contributed by atoms with Crippen molar-refractivity contribution in [2.75, 3.05) is 18.0 Å². The van der Waals surface area contributed by atoms with Crippen molar-refractivity contribution in [3.05, 3.63) is 41.0 Å². The summed E-state index contributed by atoms with van der Waals surface area (Å²) in [6.07, 6.45) is -0.373. The fourth-order valence-corrected chi connectivity index (χ4v) is 3.26. The molecule has 1 aromatic carbocycles. The molecule has 1 saturated heterocycles. The number of fused-ring (bicyclic) bond motifs is 1. The number of benzene rings is 1. The SMILES string of the molecule is Cc1nc(N2CC[C@@H](O)[C@H](Oc3ccc(Cl)cc3)C2)c2nc(C)oc2n1. The summed E-state index contributed by atoms with van der Waals surface area (Å²) >= 11 is 5.92. The molecule has 0 aliphatic carbocycles. The summed E-state index contributed by atoms with van der Waals surface area (Å²) in [4.78, 5) is 15.3. The summed E-state index contributed by atoms with van der Waals surface area (Å²) in [7, 11) is 0. The maximum absolute atomic E-state index is 10.4. The van der Waals surface area contributed by atoms with Gasteiger partial charge in [-0.25, -0.2) is 9.97 Å². The van der Waals surface area contributed by atoms with Crippen LogP contribution in [0, 0.1) is 13.8 Å². The van der Waals surface area contributed by atoms with E-state index in [1.165, 1.54) is 0 Å². The summed E-state index contributed by atoms with van der Waals surface area (Å²) in [5.74, 6) is 2.54. The van der Waals surface area contributed by atoms with Crippen molar-refractivity contribution in [2.24, 2.45) is 0 Å². The molecule has 7 nitrogen and oxygen atoms in total. The molecule has 0 spiro atoms. The Labute approximate surface area is 155 Å². The zero-order valence-electron chi connectivity index (χ0n) is 14.5. The van der Waals surface area contributed by atoms with Crippen LogP contribution in [0.25, 0.3) is 11.2 Å². The number of aryl methyl sites for hydroxylation is 2. The van der Waals surface area contributed by atoms with Gasteiger partial charge in [-0.05, 0) is 37.6 Å². The molecule has 3 heterocycles. The minimum absolute atomic E-state index is 0.386. The van der Waals surface area contributed by atoms with Gasteiger partial charge in [-0.15, -0.1) is 0 Å². The summed E-state index contributed by atoms with van der Waals surface area (Å²) in [5, 5.41) is 11.0. The molecule has 26 heavy (non-hydrogen) atoms. The van der Waals surface area contributed by atoms with Crippen LogP contribution in [-0.2, 0) is 0 Å². The summed E-state index contributed by atoms with van der Waals surface area (Å²) < 4.78 is 11.5. The number of aromatic nitrogens is 3. The number of piperidine rings is 1. The van der Waals surface area contributed by atoms with E-state index in [-0.39, 0.29) is 6.10 Å². The maximum atomic E-state index is 10.4. The molecule has 0 bridgehead atoms. The zero-order valence-corrected chi connectivity index (χ0v) is 15.3. The largest absolute Gasteiger partial charge is 0.486 e. The van der Waals surface area contributed by atoms with Crippen molar-refractivity contribution >= 4 is 28.6 Å². The monoisotopic (exact) mass is 374 g/mol. The van der Waals surface area contributed by atoms with Crippen molar-refractivity contribution in [1.29, 1.82) is 0 Å². The van der Waals surface area contributed by atoms with Crippen LogP contribution in [0.3, 0.4) is 0 Å². The smallest absolute Gasteiger partial charge is 0.252 e. The molecule has 1 aliphatic heterocycles. The van der Waals surface area contributed by atoms with Crippen molar-refractivity contribution in [3.63, 3.8) is 0 Å². The van der Waals surface area contributed by atoms with Crippen LogP contribution in [0.1, 0.15) is 18.1 Å². The quantitative estimate of drug-likeness (QED) is 0.754. The van der Waals surface area contributed by atoms with Crippen LogP contribution >= 0.6 is 11.6 Å². The first-order chi connectivity index (χ1) is 12.5. The van der Waals surface area contributed by atoms with Crippen molar-refractivity contribution in [3.8, 4) is 5.75 Å². The summed E-state index contributed by atoms with van der Waals surface area (Å²) in [6.45, 7) is 4.74. The lowest BCUT2D eigenvalue weighted by molar-refractivity contribution is 0.0234. The first kappa shape index (κ1) is 17.1. The Morgan fingerprint density at radius 3 is 2.73 bits per heavy atom. The van der Waals surface area contributed by atoms with E-state index in [4.69, 9.17) is 20.8 Å². The minimum Gasteiger partial charge on any atom is -0.486 e. The first-order valence-electron chi connectivity index (χ1n) is 8.46. The van der Waals surface area contributed by atoms with E-state index < -0.39 is 6.10 Å². The highest BCUT2D eigenvalue weighted by Gasteiger charge is 2.32. The van der Waals surface area contributed by atoms with Gasteiger partial charge in [0.25, 0.3) is 5.71 Å². The number of rotatable bonds is 3. The Bertz CT molecular complexity index is 928. The van der Waals surface area contributed by atoms with Crippen LogP contribution in [0.2, 0.25) is 5.02 Å². The molecule has 2 aromatic heterocycles. The van der Waals surface area contributed by atoms with Crippen LogP contribution in [0.5, 0.6) is 5.75 Å². The van der Waals surface area contributed by atoms with Crippen molar-refractivity contribution in [2.45, 2.75) is 32.5 Å². The number of anilines is 1. The Morgan fingerprint density at radius 2 is 1.96 bits per heavy atom. The van der Waals surface area contributed by atoms with Crippen LogP contribution < -0.4 is 9.64 Å². The van der Waals surface area contributed by atoms with Crippen LogP contribution in [0.4, 0.5) is 5.82 Å². The molecule has 1 N–H and O–H groups in total. The first-order valence-corrected chi connectivity index (χ1v) is 8.84.